The number of ether oxygens (including phenoxy) is 4. The maximum absolute atomic E-state index is 12.6. The zero-order chi connectivity index (χ0) is 28.7. The summed E-state index contributed by atoms with van der Waals surface area (Å²) < 4.78 is 21.7. The van der Waals surface area contributed by atoms with E-state index in [-0.39, 0.29) is 36.7 Å². The first kappa shape index (κ1) is 33.1. The monoisotopic (exact) mass is 535 g/mol. The van der Waals surface area contributed by atoms with Gasteiger partial charge in [-0.25, -0.2) is 0 Å². The number of hydrogen-bond acceptors (Lipinski definition) is 9. The van der Waals surface area contributed by atoms with E-state index in [1.54, 1.807) is 26.0 Å². The SMILES string of the molecule is CCCCC(=O)Oc1ccc(C[C@H](N)C(=O)O[C@@H](C)[C@H](C)OC(=O)CCC(C)C)cc1OC(=O)CCCC. The molecule has 0 radical (unpaired) electrons. The van der Waals surface area contributed by atoms with E-state index in [1.165, 1.54) is 6.07 Å². The highest BCUT2D eigenvalue weighted by atomic mass is 16.6. The summed E-state index contributed by atoms with van der Waals surface area (Å²) in [7, 11) is 0. The number of carbonyl (C=O) groups is 4. The van der Waals surface area contributed by atoms with Crippen molar-refractivity contribution in [3.8, 4) is 11.5 Å². The summed E-state index contributed by atoms with van der Waals surface area (Å²) in [5.41, 5.74) is 6.69. The van der Waals surface area contributed by atoms with Crippen LogP contribution < -0.4 is 15.2 Å². The average molecular weight is 536 g/mol. The van der Waals surface area contributed by atoms with E-state index in [0.717, 1.165) is 19.3 Å². The summed E-state index contributed by atoms with van der Waals surface area (Å²) in [5.74, 6) is -1.23. The first-order valence-electron chi connectivity index (χ1n) is 13.7. The summed E-state index contributed by atoms with van der Waals surface area (Å²) in [6.07, 6.45) is 3.33. The van der Waals surface area contributed by atoms with Gasteiger partial charge < -0.3 is 24.7 Å². The van der Waals surface area contributed by atoms with Gasteiger partial charge >= 0.3 is 23.9 Å². The van der Waals surface area contributed by atoms with Crippen LogP contribution in [0.3, 0.4) is 0 Å². The van der Waals surface area contributed by atoms with Crippen molar-refractivity contribution in [2.75, 3.05) is 0 Å². The van der Waals surface area contributed by atoms with E-state index in [9.17, 15) is 19.2 Å². The van der Waals surface area contributed by atoms with Crippen LogP contribution in [-0.2, 0) is 35.1 Å². The third kappa shape index (κ3) is 13.0. The minimum Gasteiger partial charge on any atom is -0.459 e. The number of hydrogen-bond donors (Lipinski definition) is 1. The Morgan fingerprint density at radius 2 is 1.32 bits per heavy atom. The highest BCUT2D eigenvalue weighted by Gasteiger charge is 2.25. The third-order valence-corrected chi connectivity index (χ3v) is 5.89. The molecule has 0 unspecified atom stereocenters. The Balaban J connectivity index is 2.84. The fourth-order valence-electron chi connectivity index (χ4n) is 3.31. The van der Waals surface area contributed by atoms with Crippen molar-refractivity contribution in [2.24, 2.45) is 11.7 Å². The molecule has 0 aliphatic carbocycles. The fourth-order valence-corrected chi connectivity index (χ4v) is 3.31. The molecule has 0 amide bonds. The van der Waals surface area contributed by atoms with Gasteiger partial charge in [0.1, 0.15) is 18.2 Å². The van der Waals surface area contributed by atoms with E-state index >= 15 is 0 Å². The lowest BCUT2D eigenvalue weighted by atomic mass is 10.1. The van der Waals surface area contributed by atoms with E-state index in [1.807, 2.05) is 27.7 Å². The molecule has 0 bridgehead atoms. The lowest BCUT2D eigenvalue weighted by molar-refractivity contribution is -0.166. The van der Waals surface area contributed by atoms with Crippen LogP contribution in [0.25, 0.3) is 0 Å². The Bertz CT molecular complexity index is 914. The first-order valence-corrected chi connectivity index (χ1v) is 13.7. The van der Waals surface area contributed by atoms with Gasteiger partial charge in [-0.05, 0) is 63.1 Å². The standard InChI is InChI=1S/C29H45NO8/c1-7-9-11-26(31)37-24-15-14-22(18-25(24)38-27(32)12-10-8-2)17-23(30)29(34)36-21(6)20(5)35-28(33)16-13-19(3)4/h14-15,18-21,23H,7-13,16-17,30H2,1-6H3/t20-,21-,23-/m0/s1. The fraction of sp³-hybridized carbons (Fsp3) is 0.655. The van der Waals surface area contributed by atoms with Crippen molar-refractivity contribution in [2.45, 2.75) is 118 Å². The molecule has 9 heteroatoms. The van der Waals surface area contributed by atoms with Crippen molar-refractivity contribution in [3.05, 3.63) is 23.8 Å². The molecule has 0 fully saturated rings. The number of nitrogens with two attached hydrogens (primary N) is 1. The summed E-state index contributed by atoms with van der Waals surface area (Å²) in [5, 5.41) is 0. The molecule has 0 saturated heterocycles. The minimum absolute atomic E-state index is 0.0949. The summed E-state index contributed by atoms with van der Waals surface area (Å²) in [6.45, 7) is 11.3. The van der Waals surface area contributed by atoms with Crippen LogP contribution in [0.1, 0.15) is 98.5 Å². The van der Waals surface area contributed by atoms with E-state index in [0.29, 0.717) is 30.7 Å². The highest BCUT2D eigenvalue weighted by Crippen LogP contribution is 2.30. The second kappa shape index (κ2) is 17.5. The van der Waals surface area contributed by atoms with Crippen LogP contribution in [0.5, 0.6) is 11.5 Å². The molecule has 1 aromatic rings. The van der Waals surface area contributed by atoms with Gasteiger partial charge in [0.05, 0.1) is 0 Å². The molecule has 0 saturated carbocycles. The predicted molar refractivity (Wildman–Crippen MR) is 144 cm³/mol. The Morgan fingerprint density at radius 1 is 0.763 bits per heavy atom. The van der Waals surface area contributed by atoms with Crippen molar-refractivity contribution in [1.82, 2.24) is 0 Å². The molecule has 2 N–H and O–H groups in total. The van der Waals surface area contributed by atoms with Gasteiger partial charge in [-0.3, -0.25) is 19.2 Å². The maximum atomic E-state index is 12.6. The lowest BCUT2D eigenvalue weighted by Crippen LogP contribution is -2.39. The quantitative estimate of drug-likeness (QED) is 0.215. The van der Waals surface area contributed by atoms with Gasteiger partial charge in [0.25, 0.3) is 0 Å². The van der Waals surface area contributed by atoms with Gasteiger partial charge in [0.15, 0.2) is 11.5 Å². The molecular weight excluding hydrogens is 490 g/mol. The van der Waals surface area contributed by atoms with E-state index in [4.69, 9.17) is 24.7 Å². The van der Waals surface area contributed by atoms with Gasteiger partial charge in [-0.2, -0.15) is 0 Å². The van der Waals surface area contributed by atoms with Crippen LogP contribution >= 0.6 is 0 Å². The van der Waals surface area contributed by atoms with Crippen LogP contribution in [-0.4, -0.2) is 42.1 Å². The Hall–Kier alpha value is -2.94. The van der Waals surface area contributed by atoms with E-state index < -0.39 is 36.2 Å². The van der Waals surface area contributed by atoms with Gasteiger partial charge in [-0.1, -0.05) is 46.6 Å². The predicted octanol–water partition coefficient (Wildman–Crippen LogP) is 5.05. The number of rotatable bonds is 17. The molecule has 9 nitrogen and oxygen atoms in total. The van der Waals surface area contributed by atoms with Gasteiger partial charge in [0, 0.05) is 19.3 Å². The molecule has 1 rings (SSSR count). The summed E-state index contributed by atoms with van der Waals surface area (Å²) in [6, 6.07) is 3.72. The molecule has 0 aromatic heterocycles. The van der Waals surface area contributed by atoms with Gasteiger partial charge in [0.2, 0.25) is 0 Å². The summed E-state index contributed by atoms with van der Waals surface area (Å²) in [4.78, 5) is 49.0. The topological polar surface area (TPSA) is 131 Å². The molecule has 214 valence electrons. The largest absolute Gasteiger partial charge is 0.459 e. The van der Waals surface area contributed by atoms with Crippen LogP contribution in [0, 0.1) is 5.92 Å². The second-order valence-electron chi connectivity index (χ2n) is 10.0. The zero-order valence-electron chi connectivity index (χ0n) is 23.7. The highest BCUT2D eigenvalue weighted by molar-refractivity contribution is 5.77. The molecule has 0 heterocycles. The number of unbranched alkanes of at least 4 members (excludes halogenated alkanes) is 2. The molecule has 0 spiro atoms. The molecule has 3 atom stereocenters. The zero-order valence-corrected chi connectivity index (χ0v) is 23.7. The molecule has 1 aromatic carbocycles. The lowest BCUT2D eigenvalue weighted by Gasteiger charge is -2.22. The van der Waals surface area contributed by atoms with Crippen LogP contribution in [0.4, 0.5) is 0 Å². The minimum atomic E-state index is -1.01. The molecule has 0 aliphatic heterocycles. The number of benzene rings is 1. The Labute approximate surface area is 226 Å². The van der Waals surface area contributed by atoms with Crippen LogP contribution in [0.2, 0.25) is 0 Å². The normalized spacial score (nSPS) is 13.4. The average Bonchev–Trinajstić information content (AvgIpc) is 2.86. The van der Waals surface area contributed by atoms with Crippen molar-refractivity contribution in [3.63, 3.8) is 0 Å². The van der Waals surface area contributed by atoms with Crippen molar-refractivity contribution < 1.29 is 38.1 Å². The van der Waals surface area contributed by atoms with Gasteiger partial charge in [-0.15, -0.1) is 0 Å². The Kier molecular flexibility index (Phi) is 15.3. The van der Waals surface area contributed by atoms with Crippen molar-refractivity contribution in [1.29, 1.82) is 0 Å². The number of esters is 4. The van der Waals surface area contributed by atoms with E-state index in [2.05, 4.69) is 0 Å². The Morgan fingerprint density at radius 3 is 1.87 bits per heavy atom. The summed E-state index contributed by atoms with van der Waals surface area (Å²) >= 11 is 0. The molecular formula is C29H45NO8. The number of carbonyl (C=O) groups excluding carboxylic acids is 4. The maximum Gasteiger partial charge on any atom is 0.323 e. The van der Waals surface area contributed by atoms with Crippen LogP contribution in [0.15, 0.2) is 18.2 Å². The third-order valence-electron chi connectivity index (χ3n) is 5.89. The smallest absolute Gasteiger partial charge is 0.323 e. The first-order chi connectivity index (χ1) is 18.0. The molecule has 0 aliphatic rings. The van der Waals surface area contributed by atoms with Crippen molar-refractivity contribution >= 4 is 23.9 Å². The second-order valence-corrected chi connectivity index (χ2v) is 10.0. The molecule has 38 heavy (non-hydrogen) atoms.